The zero-order valence-corrected chi connectivity index (χ0v) is 11.4. The van der Waals surface area contributed by atoms with Gasteiger partial charge in [0.1, 0.15) is 11.6 Å². The minimum Gasteiger partial charge on any atom is -0.494 e. The Hall–Kier alpha value is -1.81. The van der Waals surface area contributed by atoms with Crippen LogP contribution in [0.3, 0.4) is 0 Å². The van der Waals surface area contributed by atoms with Gasteiger partial charge < -0.3 is 14.8 Å². The van der Waals surface area contributed by atoms with Crippen LogP contribution in [0, 0.1) is 6.92 Å². The van der Waals surface area contributed by atoms with Gasteiger partial charge in [0.15, 0.2) is 0 Å². The fourth-order valence-corrected chi connectivity index (χ4v) is 2.07. The van der Waals surface area contributed by atoms with E-state index in [0.29, 0.717) is 6.61 Å². The molecule has 2 aromatic rings. The van der Waals surface area contributed by atoms with E-state index in [2.05, 4.69) is 9.97 Å². The number of aromatic amines is 1. The van der Waals surface area contributed by atoms with Gasteiger partial charge in [-0.25, -0.2) is 4.98 Å². The van der Waals surface area contributed by atoms with Gasteiger partial charge in [-0.3, -0.25) is 0 Å². The average Bonchev–Trinajstić information content (AvgIpc) is 2.78. The highest BCUT2D eigenvalue weighted by atomic mass is 16.5. The topological polar surface area (TPSA) is 58.1 Å². The first-order chi connectivity index (χ1) is 9.24. The number of aliphatic hydroxyl groups is 1. The molecule has 0 fully saturated rings. The van der Waals surface area contributed by atoms with E-state index < -0.39 is 0 Å². The van der Waals surface area contributed by atoms with Gasteiger partial charge in [-0.15, -0.1) is 0 Å². The van der Waals surface area contributed by atoms with Gasteiger partial charge in [0.25, 0.3) is 0 Å². The standard InChI is InChI=1S/C15H20N2O2/c1-3-19-13-7-4-6-12(10-13)15-11(2)16-14(17-15)8-5-9-18/h4,6-7,10,18H,3,5,8-9H2,1-2H3,(H,16,17). The minimum atomic E-state index is 0.189. The molecule has 0 bridgehead atoms. The first kappa shape index (κ1) is 13.6. The van der Waals surface area contributed by atoms with Gasteiger partial charge in [-0.05, 0) is 32.4 Å². The van der Waals surface area contributed by atoms with E-state index in [-0.39, 0.29) is 6.61 Å². The average molecular weight is 260 g/mol. The van der Waals surface area contributed by atoms with Gasteiger partial charge >= 0.3 is 0 Å². The normalized spacial score (nSPS) is 10.7. The smallest absolute Gasteiger partial charge is 0.119 e. The van der Waals surface area contributed by atoms with Gasteiger partial charge in [-0.1, -0.05) is 12.1 Å². The van der Waals surface area contributed by atoms with Crippen molar-refractivity contribution in [2.75, 3.05) is 13.2 Å². The number of nitrogens with one attached hydrogen (secondary N) is 1. The molecule has 0 aliphatic rings. The Morgan fingerprint density at radius 2 is 2.21 bits per heavy atom. The van der Waals surface area contributed by atoms with Crippen molar-refractivity contribution >= 4 is 0 Å². The summed E-state index contributed by atoms with van der Waals surface area (Å²) < 4.78 is 5.51. The summed E-state index contributed by atoms with van der Waals surface area (Å²) in [6.07, 6.45) is 1.49. The number of aliphatic hydroxyl groups excluding tert-OH is 1. The maximum absolute atomic E-state index is 8.86. The third-order valence-electron chi connectivity index (χ3n) is 2.92. The zero-order valence-electron chi connectivity index (χ0n) is 11.4. The van der Waals surface area contributed by atoms with Crippen molar-refractivity contribution in [3.63, 3.8) is 0 Å². The lowest BCUT2D eigenvalue weighted by atomic mass is 10.1. The monoisotopic (exact) mass is 260 g/mol. The van der Waals surface area contributed by atoms with E-state index in [0.717, 1.165) is 41.4 Å². The van der Waals surface area contributed by atoms with Crippen molar-refractivity contribution in [3.05, 3.63) is 35.8 Å². The fourth-order valence-electron chi connectivity index (χ4n) is 2.07. The third-order valence-corrected chi connectivity index (χ3v) is 2.92. The predicted octanol–water partition coefficient (Wildman–Crippen LogP) is 2.71. The molecule has 0 radical (unpaired) electrons. The van der Waals surface area contributed by atoms with Crippen LogP contribution in [-0.2, 0) is 6.42 Å². The summed E-state index contributed by atoms with van der Waals surface area (Å²) in [7, 11) is 0. The minimum absolute atomic E-state index is 0.189. The van der Waals surface area contributed by atoms with Crippen LogP contribution in [0.4, 0.5) is 0 Å². The van der Waals surface area contributed by atoms with Crippen molar-refractivity contribution in [3.8, 4) is 17.0 Å². The Balaban J connectivity index is 2.25. The van der Waals surface area contributed by atoms with E-state index in [4.69, 9.17) is 9.84 Å². The Bertz CT molecular complexity index is 535. The molecule has 19 heavy (non-hydrogen) atoms. The summed E-state index contributed by atoms with van der Waals surface area (Å²) in [5.41, 5.74) is 3.05. The molecule has 0 saturated carbocycles. The predicted molar refractivity (Wildman–Crippen MR) is 75.3 cm³/mol. The van der Waals surface area contributed by atoms with Crippen LogP contribution in [0.15, 0.2) is 24.3 Å². The number of aromatic nitrogens is 2. The third kappa shape index (κ3) is 3.35. The molecule has 0 aliphatic carbocycles. The summed E-state index contributed by atoms with van der Waals surface area (Å²) in [4.78, 5) is 7.86. The summed E-state index contributed by atoms with van der Waals surface area (Å²) in [6, 6.07) is 7.95. The first-order valence-electron chi connectivity index (χ1n) is 6.64. The van der Waals surface area contributed by atoms with Crippen molar-refractivity contribution < 1.29 is 9.84 Å². The Morgan fingerprint density at radius 1 is 1.37 bits per heavy atom. The number of H-pyrrole nitrogens is 1. The largest absolute Gasteiger partial charge is 0.494 e. The highest BCUT2D eigenvalue weighted by Crippen LogP contribution is 2.25. The second-order valence-electron chi connectivity index (χ2n) is 4.45. The lowest BCUT2D eigenvalue weighted by Crippen LogP contribution is -1.92. The number of hydrogen-bond acceptors (Lipinski definition) is 3. The van der Waals surface area contributed by atoms with Crippen molar-refractivity contribution in [2.45, 2.75) is 26.7 Å². The molecule has 2 rings (SSSR count). The van der Waals surface area contributed by atoms with Crippen molar-refractivity contribution in [1.82, 2.24) is 9.97 Å². The summed E-state index contributed by atoms with van der Waals surface area (Å²) >= 11 is 0. The molecular weight excluding hydrogens is 240 g/mol. The van der Waals surface area contributed by atoms with Crippen LogP contribution in [0.2, 0.25) is 0 Å². The molecule has 1 aromatic heterocycles. The second-order valence-corrected chi connectivity index (χ2v) is 4.45. The molecule has 0 aliphatic heterocycles. The molecule has 0 spiro atoms. The van der Waals surface area contributed by atoms with Crippen LogP contribution in [0.5, 0.6) is 5.75 Å². The molecular formula is C15H20N2O2. The van der Waals surface area contributed by atoms with Crippen LogP contribution in [0.1, 0.15) is 24.9 Å². The van der Waals surface area contributed by atoms with E-state index in [9.17, 15) is 0 Å². The van der Waals surface area contributed by atoms with Gasteiger partial charge in [0, 0.05) is 24.3 Å². The molecule has 0 atom stereocenters. The fraction of sp³-hybridized carbons (Fsp3) is 0.400. The first-order valence-corrected chi connectivity index (χ1v) is 6.64. The molecule has 4 nitrogen and oxygen atoms in total. The van der Waals surface area contributed by atoms with E-state index in [1.165, 1.54) is 0 Å². The number of nitrogens with zero attached hydrogens (tertiary/aromatic N) is 1. The molecule has 0 unspecified atom stereocenters. The molecule has 0 saturated heterocycles. The van der Waals surface area contributed by atoms with Crippen molar-refractivity contribution in [2.24, 2.45) is 0 Å². The van der Waals surface area contributed by atoms with Crippen LogP contribution >= 0.6 is 0 Å². The Labute approximate surface area is 113 Å². The van der Waals surface area contributed by atoms with Crippen LogP contribution < -0.4 is 4.74 Å². The molecule has 4 heteroatoms. The van der Waals surface area contributed by atoms with Gasteiger partial charge in [0.05, 0.1) is 12.3 Å². The van der Waals surface area contributed by atoms with E-state index in [1.807, 2.05) is 38.1 Å². The van der Waals surface area contributed by atoms with E-state index >= 15 is 0 Å². The molecule has 2 N–H and O–H groups in total. The number of hydrogen-bond donors (Lipinski definition) is 2. The maximum atomic E-state index is 8.86. The second kappa shape index (κ2) is 6.38. The van der Waals surface area contributed by atoms with Gasteiger partial charge in [-0.2, -0.15) is 0 Å². The Morgan fingerprint density at radius 3 is 2.95 bits per heavy atom. The zero-order chi connectivity index (χ0) is 13.7. The summed E-state index contributed by atoms with van der Waals surface area (Å²) in [6.45, 7) is 4.83. The van der Waals surface area contributed by atoms with Crippen molar-refractivity contribution in [1.29, 1.82) is 0 Å². The molecule has 102 valence electrons. The lowest BCUT2D eigenvalue weighted by molar-refractivity contribution is 0.287. The highest BCUT2D eigenvalue weighted by molar-refractivity contribution is 5.63. The van der Waals surface area contributed by atoms with Gasteiger partial charge in [0.2, 0.25) is 0 Å². The maximum Gasteiger partial charge on any atom is 0.119 e. The SMILES string of the molecule is CCOc1cccc(-c2nc(CCCO)[nH]c2C)c1. The summed E-state index contributed by atoms with van der Waals surface area (Å²) in [5, 5.41) is 8.86. The summed E-state index contributed by atoms with van der Waals surface area (Å²) in [5.74, 6) is 1.78. The lowest BCUT2D eigenvalue weighted by Gasteiger charge is -2.04. The molecule has 1 aromatic carbocycles. The number of rotatable bonds is 6. The molecule has 1 heterocycles. The quantitative estimate of drug-likeness (QED) is 0.839. The van der Waals surface area contributed by atoms with E-state index in [1.54, 1.807) is 0 Å². The molecule has 0 amide bonds. The highest BCUT2D eigenvalue weighted by Gasteiger charge is 2.09. The number of imidazole rings is 1. The van der Waals surface area contributed by atoms with Crippen LogP contribution in [0.25, 0.3) is 11.3 Å². The number of ether oxygens (including phenoxy) is 1. The number of aryl methyl sites for hydroxylation is 2. The van der Waals surface area contributed by atoms with Crippen LogP contribution in [-0.4, -0.2) is 28.3 Å². The number of benzene rings is 1. The Kier molecular flexibility index (Phi) is 4.58.